The maximum absolute atomic E-state index is 12.3. The number of morpholine rings is 1. The molecule has 1 aliphatic rings. The summed E-state index contributed by atoms with van der Waals surface area (Å²) in [5.41, 5.74) is 1.98. The first-order valence-electron chi connectivity index (χ1n) is 7.99. The summed E-state index contributed by atoms with van der Waals surface area (Å²) in [5.74, 6) is 0.657. The van der Waals surface area contributed by atoms with Crippen LogP contribution in [0.5, 0.6) is 0 Å². The molecule has 1 aromatic heterocycles. The van der Waals surface area contributed by atoms with Crippen molar-refractivity contribution in [2.24, 2.45) is 5.41 Å². The third kappa shape index (κ3) is 4.27. The van der Waals surface area contributed by atoms with Crippen molar-refractivity contribution < 1.29 is 9.53 Å². The monoisotopic (exact) mass is 305 g/mol. The van der Waals surface area contributed by atoms with E-state index in [1.807, 2.05) is 33.0 Å². The number of anilines is 1. The molecular formula is C17H27N3O2. The van der Waals surface area contributed by atoms with Gasteiger partial charge in [0.1, 0.15) is 5.82 Å². The Hall–Kier alpha value is -1.46. The Morgan fingerprint density at radius 1 is 1.41 bits per heavy atom. The van der Waals surface area contributed by atoms with Gasteiger partial charge in [-0.25, -0.2) is 4.98 Å². The smallest absolute Gasteiger partial charge is 0.231 e. The van der Waals surface area contributed by atoms with Gasteiger partial charge in [-0.05, 0) is 30.5 Å². The van der Waals surface area contributed by atoms with Crippen LogP contribution >= 0.6 is 0 Å². The summed E-state index contributed by atoms with van der Waals surface area (Å²) in [6.07, 6.45) is 2.63. The van der Waals surface area contributed by atoms with Crippen LogP contribution in [0.15, 0.2) is 12.3 Å². The molecule has 1 aliphatic heterocycles. The Bertz CT molecular complexity index is 523. The average molecular weight is 305 g/mol. The van der Waals surface area contributed by atoms with Crippen molar-refractivity contribution >= 4 is 11.7 Å². The minimum absolute atomic E-state index is 0.0173. The molecule has 1 saturated heterocycles. The summed E-state index contributed by atoms with van der Waals surface area (Å²) in [5, 5.41) is 2.94. The zero-order chi connectivity index (χ0) is 16.2. The fraction of sp³-hybridized carbons (Fsp3) is 0.647. The van der Waals surface area contributed by atoms with Crippen molar-refractivity contribution in [3.8, 4) is 0 Å². The first-order valence-corrected chi connectivity index (χ1v) is 7.99. The van der Waals surface area contributed by atoms with E-state index >= 15 is 0 Å². The van der Waals surface area contributed by atoms with Gasteiger partial charge >= 0.3 is 0 Å². The zero-order valence-corrected chi connectivity index (χ0v) is 14.1. The lowest BCUT2D eigenvalue weighted by Gasteiger charge is -2.27. The number of aryl methyl sites for hydroxylation is 1. The van der Waals surface area contributed by atoms with Crippen LogP contribution < -0.4 is 5.32 Å². The summed E-state index contributed by atoms with van der Waals surface area (Å²) in [4.78, 5) is 19.0. The molecule has 0 aromatic carbocycles. The number of nitrogens with zero attached hydrogens (tertiary/aromatic N) is 2. The van der Waals surface area contributed by atoms with Crippen LogP contribution in [0, 0.1) is 12.3 Å². The molecule has 1 fully saturated rings. The molecule has 22 heavy (non-hydrogen) atoms. The first-order chi connectivity index (χ1) is 10.4. The van der Waals surface area contributed by atoms with Crippen LogP contribution in [0.4, 0.5) is 5.82 Å². The minimum atomic E-state index is -0.378. The molecule has 0 radical (unpaired) electrons. The Labute approximate surface area is 133 Å². The van der Waals surface area contributed by atoms with Gasteiger partial charge in [-0.3, -0.25) is 9.69 Å². The van der Waals surface area contributed by atoms with E-state index in [9.17, 15) is 4.79 Å². The molecule has 2 heterocycles. The highest BCUT2D eigenvalue weighted by Crippen LogP contribution is 2.22. The normalized spacial score (nSPS) is 16.5. The molecule has 1 aromatic rings. The third-order valence-corrected chi connectivity index (χ3v) is 4.45. The Morgan fingerprint density at radius 2 is 2.09 bits per heavy atom. The Morgan fingerprint density at radius 3 is 2.73 bits per heavy atom. The van der Waals surface area contributed by atoms with Gasteiger partial charge in [0.2, 0.25) is 5.91 Å². The van der Waals surface area contributed by atoms with Crippen molar-refractivity contribution in [2.75, 3.05) is 31.6 Å². The molecule has 0 unspecified atom stereocenters. The number of pyridine rings is 1. The van der Waals surface area contributed by atoms with Gasteiger partial charge in [-0.2, -0.15) is 0 Å². The molecular weight excluding hydrogens is 278 g/mol. The summed E-state index contributed by atoms with van der Waals surface area (Å²) in [6.45, 7) is 12.3. The topological polar surface area (TPSA) is 54.5 Å². The third-order valence-electron chi connectivity index (χ3n) is 4.45. The van der Waals surface area contributed by atoms with E-state index < -0.39 is 0 Å². The summed E-state index contributed by atoms with van der Waals surface area (Å²) in [7, 11) is 0. The van der Waals surface area contributed by atoms with E-state index in [1.54, 1.807) is 0 Å². The molecule has 0 aliphatic carbocycles. The number of hydrogen-bond acceptors (Lipinski definition) is 4. The summed E-state index contributed by atoms with van der Waals surface area (Å²) in [6, 6.07) is 1.99. The number of nitrogens with one attached hydrogen (secondary N) is 1. The highest BCUT2D eigenvalue weighted by Gasteiger charge is 2.25. The second-order valence-corrected chi connectivity index (χ2v) is 6.58. The first kappa shape index (κ1) is 16.9. The predicted octanol–water partition coefficient (Wildman–Crippen LogP) is 2.60. The SMILES string of the molecule is CCC(C)(C)C(=O)Nc1cc(CN2CCOCC2)c(C)cn1. The maximum atomic E-state index is 12.3. The van der Waals surface area contributed by atoms with Crippen molar-refractivity contribution in [2.45, 2.75) is 40.7 Å². The highest BCUT2D eigenvalue weighted by atomic mass is 16.5. The van der Waals surface area contributed by atoms with Gasteiger partial charge in [0, 0.05) is 31.2 Å². The fourth-order valence-corrected chi connectivity index (χ4v) is 2.25. The zero-order valence-electron chi connectivity index (χ0n) is 14.1. The van der Waals surface area contributed by atoms with Crippen LogP contribution in [0.1, 0.15) is 38.3 Å². The van der Waals surface area contributed by atoms with Crippen molar-refractivity contribution in [3.63, 3.8) is 0 Å². The van der Waals surface area contributed by atoms with Crippen LogP contribution in [-0.4, -0.2) is 42.1 Å². The van der Waals surface area contributed by atoms with Crippen molar-refractivity contribution in [1.29, 1.82) is 0 Å². The van der Waals surface area contributed by atoms with E-state index in [1.165, 1.54) is 5.56 Å². The Kier molecular flexibility index (Phi) is 5.53. The van der Waals surface area contributed by atoms with Crippen LogP contribution in [0.25, 0.3) is 0 Å². The van der Waals surface area contributed by atoms with Crippen molar-refractivity contribution in [3.05, 3.63) is 23.4 Å². The molecule has 0 bridgehead atoms. The predicted molar refractivity (Wildman–Crippen MR) is 87.8 cm³/mol. The number of aromatic nitrogens is 1. The average Bonchev–Trinajstić information content (AvgIpc) is 2.51. The van der Waals surface area contributed by atoms with Crippen LogP contribution in [-0.2, 0) is 16.1 Å². The number of amides is 1. The summed E-state index contributed by atoms with van der Waals surface area (Å²) < 4.78 is 5.38. The van der Waals surface area contributed by atoms with Crippen molar-refractivity contribution in [1.82, 2.24) is 9.88 Å². The van der Waals surface area contributed by atoms with E-state index in [0.29, 0.717) is 5.82 Å². The maximum Gasteiger partial charge on any atom is 0.231 e. The van der Waals surface area contributed by atoms with E-state index in [-0.39, 0.29) is 11.3 Å². The van der Waals surface area contributed by atoms with Gasteiger partial charge in [0.15, 0.2) is 0 Å². The van der Waals surface area contributed by atoms with Gasteiger partial charge in [0.25, 0.3) is 0 Å². The molecule has 1 amide bonds. The van der Waals surface area contributed by atoms with Gasteiger partial charge in [0.05, 0.1) is 13.2 Å². The highest BCUT2D eigenvalue weighted by molar-refractivity contribution is 5.94. The largest absolute Gasteiger partial charge is 0.379 e. The molecule has 5 nitrogen and oxygen atoms in total. The standard InChI is InChI=1S/C17H27N3O2/c1-5-17(3,4)16(21)19-15-10-14(13(2)11-18-15)12-20-6-8-22-9-7-20/h10-11H,5-9,12H2,1-4H3,(H,18,19,21). The number of rotatable bonds is 5. The fourth-order valence-electron chi connectivity index (χ4n) is 2.25. The molecule has 0 saturated carbocycles. The molecule has 2 rings (SSSR count). The van der Waals surface area contributed by atoms with Gasteiger partial charge in [-0.1, -0.05) is 20.8 Å². The van der Waals surface area contributed by atoms with E-state index in [4.69, 9.17) is 4.74 Å². The molecule has 0 atom stereocenters. The van der Waals surface area contributed by atoms with E-state index in [2.05, 4.69) is 22.1 Å². The van der Waals surface area contributed by atoms with Crippen LogP contribution in [0.2, 0.25) is 0 Å². The second-order valence-electron chi connectivity index (χ2n) is 6.58. The lowest BCUT2D eigenvalue weighted by molar-refractivity contribution is -0.124. The molecule has 122 valence electrons. The molecule has 0 spiro atoms. The lowest BCUT2D eigenvalue weighted by atomic mass is 9.89. The number of hydrogen-bond donors (Lipinski definition) is 1. The number of carbonyl (C=O) groups excluding carboxylic acids is 1. The molecule has 1 N–H and O–H groups in total. The summed E-state index contributed by atoms with van der Waals surface area (Å²) >= 11 is 0. The quantitative estimate of drug-likeness (QED) is 0.908. The number of ether oxygens (including phenoxy) is 1. The molecule has 5 heteroatoms. The van der Waals surface area contributed by atoms with Gasteiger partial charge in [-0.15, -0.1) is 0 Å². The van der Waals surface area contributed by atoms with E-state index in [0.717, 1.165) is 44.8 Å². The second kappa shape index (κ2) is 7.20. The van der Waals surface area contributed by atoms with Gasteiger partial charge < -0.3 is 10.1 Å². The van der Waals surface area contributed by atoms with Crippen LogP contribution in [0.3, 0.4) is 0 Å². The lowest BCUT2D eigenvalue weighted by Crippen LogP contribution is -2.36. The Balaban J connectivity index is 2.07. The number of carbonyl (C=O) groups is 1. The minimum Gasteiger partial charge on any atom is -0.379 e.